The van der Waals surface area contributed by atoms with E-state index >= 15 is 0 Å². The molecule has 0 aliphatic rings. The van der Waals surface area contributed by atoms with Crippen molar-refractivity contribution < 1.29 is 37.0 Å². The minimum absolute atomic E-state index is 0.403. The molecule has 0 aliphatic heterocycles. The Morgan fingerprint density at radius 2 is 1.58 bits per heavy atom. The molecule has 0 fully saturated rings. The van der Waals surface area contributed by atoms with Gasteiger partial charge in [0.1, 0.15) is 5.82 Å². The first-order valence-electron chi connectivity index (χ1n) is 6.24. The SMILES string of the molecule is O=C(O)c1ccc(C#Cc2cc(F)c(O)cc2F)c(C(F)(F)F)c1. The van der Waals surface area contributed by atoms with Gasteiger partial charge in [-0.15, -0.1) is 0 Å². The van der Waals surface area contributed by atoms with E-state index in [-0.39, 0.29) is 0 Å². The summed E-state index contributed by atoms with van der Waals surface area (Å²) in [6.45, 7) is 0. The third-order valence-electron chi connectivity index (χ3n) is 2.94. The van der Waals surface area contributed by atoms with Crippen LogP contribution in [-0.4, -0.2) is 16.2 Å². The van der Waals surface area contributed by atoms with E-state index in [0.29, 0.717) is 18.2 Å². The van der Waals surface area contributed by atoms with Crippen LogP contribution in [-0.2, 0) is 6.18 Å². The van der Waals surface area contributed by atoms with Gasteiger partial charge >= 0.3 is 12.1 Å². The zero-order chi connectivity index (χ0) is 18.1. The van der Waals surface area contributed by atoms with E-state index in [2.05, 4.69) is 0 Å². The average molecular weight is 342 g/mol. The number of benzene rings is 2. The lowest BCUT2D eigenvalue weighted by atomic mass is 10.0. The Morgan fingerprint density at radius 1 is 0.958 bits per heavy atom. The fraction of sp³-hybridized carbons (Fsp3) is 0.0625. The molecule has 3 nitrogen and oxygen atoms in total. The molecular weight excluding hydrogens is 335 g/mol. The number of phenols is 1. The minimum Gasteiger partial charge on any atom is -0.505 e. The van der Waals surface area contributed by atoms with Gasteiger partial charge in [-0.2, -0.15) is 13.2 Å². The van der Waals surface area contributed by atoms with Crippen molar-refractivity contribution in [1.29, 1.82) is 0 Å². The van der Waals surface area contributed by atoms with E-state index < -0.39 is 51.8 Å². The normalized spacial score (nSPS) is 10.9. The van der Waals surface area contributed by atoms with Gasteiger partial charge in [-0.05, 0) is 24.3 Å². The topological polar surface area (TPSA) is 57.5 Å². The molecule has 0 bridgehead atoms. The maximum absolute atomic E-state index is 13.5. The van der Waals surface area contributed by atoms with E-state index in [0.717, 1.165) is 12.1 Å². The van der Waals surface area contributed by atoms with E-state index in [9.17, 15) is 26.7 Å². The van der Waals surface area contributed by atoms with Gasteiger partial charge < -0.3 is 10.2 Å². The quantitative estimate of drug-likeness (QED) is 0.612. The Labute approximate surface area is 132 Å². The second-order valence-corrected chi connectivity index (χ2v) is 4.60. The summed E-state index contributed by atoms with van der Waals surface area (Å²) >= 11 is 0. The van der Waals surface area contributed by atoms with Crippen LogP contribution in [0.2, 0.25) is 0 Å². The summed E-state index contributed by atoms with van der Waals surface area (Å²) in [5.74, 6) is -0.731. The molecule has 0 atom stereocenters. The molecule has 124 valence electrons. The molecule has 0 saturated carbocycles. The number of aromatic hydroxyl groups is 1. The molecule has 0 amide bonds. The van der Waals surface area contributed by atoms with Gasteiger partial charge in [0.2, 0.25) is 0 Å². The van der Waals surface area contributed by atoms with E-state index in [1.54, 1.807) is 0 Å². The average Bonchev–Trinajstić information content (AvgIpc) is 2.48. The molecule has 0 saturated heterocycles. The highest BCUT2D eigenvalue weighted by atomic mass is 19.4. The maximum Gasteiger partial charge on any atom is 0.417 e. The van der Waals surface area contributed by atoms with Crippen LogP contribution in [0.1, 0.15) is 27.0 Å². The molecule has 2 aromatic rings. The zero-order valence-electron chi connectivity index (χ0n) is 11.6. The summed E-state index contributed by atoms with van der Waals surface area (Å²) in [6, 6.07) is 3.12. The van der Waals surface area contributed by atoms with Crippen molar-refractivity contribution >= 4 is 5.97 Å². The number of alkyl halides is 3. The van der Waals surface area contributed by atoms with Crippen LogP contribution in [0.4, 0.5) is 22.0 Å². The largest absolute Gasteiger partial charge is 0.505 e. The number of carboxylic acids is 1. The molecule has 0 unspecified atom stereocenters. The maximum atomic E-state index is 13.5. The summed E-state index contributed by atoms with van der Waals surface area (Å²) in [4.78, 5) is 10.8. The van der Waals surface area contributed by atoms with Gasteiger partial charge in [-0.3, -0.25) is 0 Å². The molecule has 2 aromatic carbocycles. The lowest BCUT2D eigenvalue weighted by Gasteiger charge is -2.10. The molecule has 0 aromatic heterocycles. The fourth-order valence-electron chi connectivity index (χ4n) is 1.79. The van der Waals surface area contributed by atoms with Crippen LogP contribution in [0.15, 0.2) is 30.3 Å². The summed E-state index contributed by atoms with van der Waals surface area (Å²) in [5.41, 5.74) is -3.05. The Balaban J connectivity index is 2.56. The highest BCUT2D eigenvalue weighted by Gasteiger charge is 2.33. The standard InChI is InChI=1S/C16H7F5O3/c17-12-7-14(22)13(18)6-9(12)3-1-8-2-4-10(15(23)24)5-11(8)16(19,20)21/h2,4-7,22H,(H,23,24). The number of phenolic OH excluding ortho intramolecular Hbond substituents is 1. The number of carboxylic acid groups (broad SMARTS) is 1. The third kappa shape index (κ3) is 3.63. The number of carbonyl (C=O) groups is 1. The van der Waals surface area contributed by atoms with Gasteiger partial charge in [0, 0.05) is 11.6 Å². The Bertz CT molecular complexity index is 876. The van der Waals surface area contributed by atoms with Crippen molar-refractivity contribution in [2.24, 2.45) is 0 Å². The Hall–Kier alpha value is -3.08. The van der Waals surface area contributed by atoms with Gasteiger partial charge in [0.15, 0.2) is 11.6 Å². The number of hydrogen-bond donors (Lipinski definition) is 2. The van der Waals surface area contributed by atoms with Crippen LogP contribution in [0.3, 0.4) is 0 Å². The van der Waals surface area contributed by atoms with Crippen LogP contribution < -0.4 is 0 Å². The van der Waals surface area contributed by atoms with Crippen molar-refractivity contribution in [3.63, 3.8) is 0 Å². The summed E-state index contributed by atoms with van der Waals surface area (Å²) in [6.07, 6.45) is -4.88. The van der Waals surface area contributed by atoms with Crippen LogP contribution in [0.25, 0.3) is 0 Å². The number of rotatable bonds is 1. The van der Waals surface area contributed by atoms with E-state index in [1.807, 2.05) is 11.8 Å². The Morgan fingerprint density at radius 3 is 2.17 bits per heavy atom. The number of halogens is 5. The monoisotopic (exact) mass is 342 g/mol. The smallest absolute Gasteiger partial charge is 0.417 e. The molecule has 0 spiro atoms. The van der Waals surface area contributed by atoms with E-state index in [4.69, 9.17) is 10.2 Å². The van der Waals surface area contributed by atoms with Crippen LogP contribution >= 0.6 is 0 Å². The number of hydrogen-bond acceptors (Lipinski definition) is 2. The van der Waals surface area contributed by atoms with Crippen LogP contribution in [0.5, 0.6) is 5.75 Å². The lowest BCUT2D eigenvalue weighted by Crippen LogP contribution is -2.10. The molecule has 0 aliphatic carbocycles. The fourth-order valence-corrected chi connectivity index (χ4v) is 1.79. The Kier molecular flexibility index (Phi) is 4.46. The summed E-state index contributed by atoms with van der Waals surface area (Å²) < 4.78 is 65.6. The predicted molar refractivity (Wildman–Crippen MR) is 72.4 cm³/mol. The second kappa shape index (κ2) is 6.20. The van der Waals surface area contributed by atoms with Crippen LogP contribution in [0, 0.1) is 23.5 Å². The lowest BCUT2D eigenvalue weighted by molar-refractivity contribution is -0.137. The van der Waals surface area contributed by atoms with Gasteiger partial charge in [0.05, 0.1) is 16.7 Å². The van der Waals surface area contributed by atoms with Gasteiger partial charge in [-0.1, -0.05) is 11.8 Å². The number of aromatic carboxylic acids is 1. The minimum atomic E-state index is -4.88. The molecule has 2 N–H and O–H groups in total. The van der Waals surface area contributed by atoms with Crippen molar-refractivity contribution in [3.05, 3.63) is 64.2 Å². The molecule has 0 heterocycles. The zero-order valence-corrected chi connectivity index (χ0v) is 11.6. The van der Waals surface area contributed by atoms with Crippen molar-refractivity contribution in [2.75, 3.05) is 0 Å². The first kappa shape index (κ1) is 17.3. The summed E-state index contributed by atoms with van der Waals surface area (Å²) in [5, 5.41) is 17.7. The molecule has 24 heavy (non-hydrogen) atoms. The second-order valence-electron chi connectivity index (χ2n) is 4.60. The first-order chi connectivity index (χ1) is 11.1. The predicted octanol–water partition coefficient (Wildman–Crippen LogP) is 3.79. The summed E-state index contributed by atoms with van der Waals surface area (Å²) in [7, 11) is 0. The van der Waals surface area contributed by atoms with Crippen molar-refractivity contribution in [2.45, 2.75) is 6.18 Å². The molecular formula is C16H7F5O3. The van der Waals surface area contributed by atoms with Gasteiger partial charge in [-0.25, -0.2) is 13.6 Å². The highest BCUT2D eigenvalue weighted by Crippen LogP contribution is 2.32. The molecule has 8 heteroatoms. The third-order valence-corrected chi connectivity index (χ3v) is 2.94. The highest BCUT2D eigenvalue weighted by molar-refractivity contribution is 5.88. The van der Waals surface area contributed by atoms with Gasteiger partial charge in [0.25, 0.3) is 0 Å². The molecule has 0 radical (unpaired) electrons. The first-order valence-corrected chi connectivity index (χ1v) is 6.24. The van der Waals surface area contributed by atoms with E-state index in [1.165, 1.54) is 0 Å². The van der Waals surface area contributed by atoms with Crippen molar-refractivity contribution in [3.8, 4) is 17.6 Å². The van der Waals surface area contributed by atoms with Crippen molar-refractivity contribution in [1.82, 2.24) is 0 Å². The molecule has 2 rings (SSSR count).